The normalized spacial score (nSPS) is 11.6. The summed E-state index contributed by atoms with van der Waals surface area (Å²) < 4.78 is 10.5. The highest BCUT2D eigenvalue weighted by molar-refractivity contribution is 6.10. The molecule has 3 aromatic heterocycles. The molecule has 8 heteroatoms. The molecule has 0 saturated carbocycles. The number of hydrogen-bond acceptors (Lipinski definition) is 6. The van der Waals surface area contributed by atoms with E-state index in [2.05, 4.69) is 58.5 Å². The number of methoxy groups -OCH3 is 2. The van der Waals surface area contributed by atoms with E-state index in [4.69, 9.17) is 19.4 Å². The molecule has 2 aliphatic heterocycles. The number of fused-ring (bicyclic) bond motifs is 11. The van der Waals surface area contributed by atoms with Gasteiger partial charge in [0.1, 0.15) is 0 Å². The van der Waals surface area contributed by atoms with Gasteiger partial charge in [-0.3, -0.25) is 0 Å². The summed E-state index contributed by atoms with van der Waals surface area (Å²) in [5.41, 5.74) is 14.9. The van der Waals surface area contributed by atoms with Crippen LogP contribution in [0.2, 0.25) is 0 Å². The van der Waals surface area contributed by atoms with Gasteiger partial charge < -0.3 is 19.4 Å². The molecule has 5 heterocycles. The van der Waals surface area contributed by atoms with E-state index in [9.17, 15) is 9.59 Å². The van der Waals surface area contributed by atoms with E-state index >= 15 is 0 Å². The lowest BCUT2D eigenvalue weighted by Crippen LogP contribution is -2.12. The summed E-state index contributed by atoms with van der Waals surface area (Å²) in [4.78, 5) is 45.6. The number of H-pyrrole nitrogens is 2. The Hall–Kier alpha value is -8.10. The summed E-state index contributed by atoms with van der Waals surface area (Å²) in [5.74, 6) is -1.34. The minimum atomic E-state index is -0.670. The molecule has 60 heavy (non-hydrogen) atoms. The maximum absolute atomic E-state index is 13.5. The first-order valence-electron chi connectivity index (χ1n) is 19.6. The highest BCUT2D eigenvalue weighted by Crippen LogP contribution is 2.48. The lowest BCUT2D eigenvalue weighted by Gasteiger charge is -2.12. The number of esters is 2. The zero-order valence-electron chi connectivity index (χ0n) is 32.7. The van der Waals surface area contributed by atoms with Crippen LogP contribution in [0.25, 0.3) is 101 Å². The van der Waals surface area contributed by atoms with Gasteiger partial charge in [0.15, 0.2) is 0 Å². The van der Waals surface area contributed by atoms with E-state index < -0.39 is 11.9 Å². The lowest BCUT2D eigenvalue weighted by molar-refractivity contribution is 0.0555. The quantitative estimate of drug-likeness (QED) is 0.163. The van der Waals surface area contributed by atoms with Crippen molar-refractivity contribution in [3.63, 3.8) is 0 Å². The molecule has 288 valence electrons. The van der Waals surface area contributed by atoms with E-state index in [1.807, 2.05) is 109 Å². The van der Waals surface area contributed by atoms with Gasteiger partial charge in [-0.1, -0.05) is 121 Å². The number of aromatic nitrogens is 4. The maximum atomic E-state index is 13.5. The Labute approximate surface area is 345 Å². The van der Waals surface area contributed by atoms with Crippen molar-refractivity contribution in [2.45, 2.75) is 0 Å². The third-order valence-corrected chi connectivity index (χ3v) is 11.0. The topological polar surface area (TPSA) is 110 Å². The van der Waals surface area contributed by atoms with E-state index in [1.165, 1.54) is 14.2 Å². The number of nitrogens with one attached hydrogen (secondary N) is 2. The van der Waals surface area contributed by atoms with Crippen LogP contribution in [-0.2, 0) is 9.47 Å². The maximum Gasteiger partial charge on any atom is 0.338 e. The molecule has 8 nitrogen and oxygen atoms in total. The molecule has 0 aliphatic carbocycles. The first kappa shape index (κ1) is 36.3. The molecule has 8 aromatic rings. The lowest BCUT2D eigenvalue weighted by atomic mass is 9.91. The van der Waals surface area contributed by atoms with Crippen LogP contribution >= 0.6 is 0 Å². The molecule has 0 atom stereocenters. The molecule has 0 fully saturated rings. The highest BCUT2D eigenvalue weighted by Gasteiger charge is 2.31. The summed E-state index contributed by atoms with van der Waals surface area (Å²) in [5, 5.41) is 0. The first-order chi connectivity index (χ1) is 29.5. The Kier molecular flexibility index (Phi) is 9.07. The second-order valence-electron chi connectivity index (χ2n) is 14.5. The van der Waals surface area contributed by atoms with Crippen LogP contribution in [0, 0.1) is 0 Å². The Morgan fingerprint density at radius 3 is 1.22 bits per heavy atom. The second kappa shape index (κ2) is 15.0. The predicted octanol–water partition coefficient (Wildman–Crippen LogP) is 12.1. The summed E-state index contributed by atoms with van der Waals surface area (Å²) in [6.45, 7) is 0. The SMILES string of the molecule is COC(=O)c1cc2c(cc1C(=O)OC)-c1nc-2c(-c2ccccc2)c2nc(c(-c3ccccc3)c3ccc([nH]3)c(-c3ccccc3)c3ccc([nH]3)c1-c1ccccc1)C=C2. The van der Waals surface area contributed by atoms with Crippen molar-refractivity contribution in [1.29, 1.82) is 0 Å². The van der Waals surface area contributed by atoms with Crippen molar-refractivity contribution in [3.05, 3.63) is 180 Å². The standard InChI is InChI=1S/C52H36N4O4/c1-59-51(57)37-29-35-36(30-38(37)52(58)60-2)50-48(34-21-13-6-14-22-34)44-28-26-42(55-44)46(32-17-9-4-10-18-32)40-24-23-39(53-40)45(31-15-7-3-8-16-31)41-25-27-43(54-41)47(49(35)56-50)33-19-11-5-12-20-33/h3-30,53-54H,1-2H3. The minimum absolute atomic E-state index is 0.0686. The van der Waals surface area contributed by atoms with Crippen molar-refractivity contribution in [3.8, 4) is 67.0 Å². The van der Waals surface area contributed by atoms with E-state index in [0.29, 0.717) is 28.2 Å². The van der Waals surface area contributed by atoms with Gasteiger partial charge in [0.25, 0.3) is 0 Å². The van der Waals surface area contributed by atoms with Crippen molar-refractivity contribution in [1.82, 2.24) is 19.9 Å². The number of nitrogens with zero attached hydrogens (tertiary/aromatic N) is 2. The molecule has 0 amide bonds. The van der Waals surface area contributed by atoms with Gasteiger partial charge in [0, 0.05) is 55.4 Å². The van der Waals surface area contributed by atoms with E-state index in [1.54, 1.807) is 12.1 Å². The number of hydrogen-bond donors (Lipinski definition) is 2. The molecule has 0 spiro atoms. The zero-order chi connectivity index (χ0) is 40.7. The summed E-state index contributed by atoms with van der Waals surface area (Å²) in [6, 6.07) is 52.4. The van der Waals surface area contributed by atoms with Gasteiger partial charge in [-0.15, -0.1) is 0 Å². The van der Waals surface area contributed by atoms with Crippen LogP contribution in [0.15, 0.2) is 158 Å². The van der Waals surface area contributed by atoms with E-state index in [-0.39, 0.29) is 11.1 Å². The van der Waals surface area contributed by atoms with Gasteiger partial charge in [0.05, 0.1) is 48.1 Å². The van der Waals surface area contributed by atoms with Crippen molar-refractivity contribution < 1.29 is 19.1 Å². The largest absolute Gasteiger partial charge is 0.465 e. The molecule has 5 aromatic carbocycles. The van der Waals surface area contributed by atoms with Crippen molar-refractivity contribution in [2.24, 2.45) is 0 Å². The van der Waals surface area contributed by atoms with Crippen LogP contribution < -0.4 is 0 Å². The summed E-state index contributed by atoms with van der Waals surface area (Å²) >= 11 is 0. The van der Waals surface area contributed by atoms with Gasteiger partial charge in [0.2, 0.25) is 0 Å². The molecule has 8 bridgehead atoms. The highest BCUT2D eigenvalue weighted by atomic mass is 16.5. The number of rotatable bonds is 6. The van der Waals surface area contributed by atoms with Crippen LogP contribution in [-0.4, -0.2) is 46.1 Å². The first-order valence-corrected chi connectivity index (χ1v) is 19.6. The minimum Gasteiger partial charge on any atom is -0.465 e. The van der Waals surface area contributed by atoms with Crippen molar-refractivity contribution >= 4 is 46.2 Å². The third kappa shape index (κ3) is 6.18. The number of carbonyl (C=O) groups is 2. The smallest absolute Gasteiger partial charge is 0.338 e. The van der Waals surface area contributed by atoms with Gasteiger partial charge >= 0.3 is 11.9 Å². The van der Waals surface area contributed by atoms with E-state index in [0.717, 1.165) is 72.3 Å². The molecular weight excluding hydrogens is 745 g/mol. The molecule has 10 rings (SSSR count). The summed E-state index contributed by atoms with van der Waals surface area (Å²) in [7, 11) is 2.59. The van der Waals surface area contributed by atoms with Gasteiger partial charge in [-0.05, 0) is 70.8 Å². The zero-order valence-corrected chi connectivity index (χ0v) is 32.7. The number of carbonyl (C=O) groups excluding carboxylic acids is 2. The molecular formula is C52H36N4O4. The molecule has 0 unspecified atom stereocenters. The van der Waals surface area contributed by atoms with Gasteiger partial charge in [-0.25, -0.2) is 19.6 Å². The second-order valence-corrected chi connectivity index (χ2v) is 14.5. The van der Waals surface area contributed by atoms with Gasteiger partial charge in [-0.2, -0.15) is 0 Å². The fourth-order valence-corrected chi connectivity index (χ4v) is 8.32. The summed E-state index contributed by atoms with van der Waals surface area (Å²) in [6.07, 6.45) is 4.06. The number of ether oxygens (including phenoxy) is 2. The average Bonchev–Trinajstić information content (AvgIpc) is 4.14. The third-order valence-electron chi connectivity index (χ3n) is 11.0. The Morgan fingerprint density at radius 2 is 0.767 bits per heavy atom. The Bertz CT molecular complexity index is 3190. The molecule has 2 N–H and O–H groups in total. The molecule has 0 saturated heterocycles. The Morgan fingerprint density at radius 1 is 0.417 bits per heavy atom. The monoisotopic (exact) mass is 780 g/mol. The molecule has 2 aliphatic rings. The van der Waals surface area contributed by atoms with Crippen LogP contribution in [0.3, 0.4) is 0 Å². The van der Waals surface area contributed by atoms with Crippen LogP contribution in [0.5, 0.6) is 0 Å². The molecule has 0 radical (unpaired) electrons. The van der Waals surface area contributed by atoms with Crippen LogP contribution in [0.4, 0.5) is 0 Å². The average molecular weight is 781 g/mol. The number of benzene rings is 5. The van der Waals surface area contributed by atoms with Crippen LogP contribution in [0.1, 0.15) is 32.1 Å². The Balaban J connectivity index is 1.47. The fourth-order valence-electron chi connectivity index (χ4n) is 8.32. The predicted molar refractivity (Wildman–Crippen MR) is 239 cm³/mol. The fraction of sp³-hybridized carbons (Fsp3) is 0.0385. The van der Waals surface area contributed by atoms with Crippen molar-refractivity contribution in [2.75, 3.05) is 14.2 Å². The number of aromatic amines is 2.